The number of phenols is 1. The smallest absolute Gasteiger partial charge is 0.312 e. The van der Waals surface area contributed by atoms with Gasteiger partial charge in [0.15, 0.2) is 6.61 Å². The Kier molecular flexibility index (Phi) is 8.49. The number of thioether (sulfide) groups is 1. The third-order valence-corrected chi connectivity index (χ3v) is 5.64. The predicted octanol–water partition coefficient (Wildman–Crippen LogP) is 4.57. The van der Waals surface area contributed by atoms with Crippen LogP contribution in [0.1, 0.15) is 11.5 Å². The molecule has 0 aliphatic heterocycles. The lowest BCUT2D eigenvalue weighted by Gasteiger charge is -2.05. The number of nitro benzene ring substituents is 1. The first kappa shape index (κ1) is 24.8. The second-order valence-corrected chi connectivity index (χ2v) is 8.66. The van der Waals surface area contributed by atoms with Crippen LogP contribution in [0.15, 0.2) is 49.5 Å². The highest BCUT2D eigenvalue weighted by molar-refractivity contribution is 9.10. The normalized spacial score (nSPS) is 11.0. The van der Waals surface area contributed by atoms with Crippen molar-refractivity contribution in [2.45, 2.75) is 11.8 Å². The maximum Gasteiger partial charge on any atom is 0.312 e. The molecule has 0 atom stereocenters. The molecule has 15 heteroatoms. The minimum Gasteiger partial charge on any atom is -0.501 e. The molecule has 2 N–H and O–H groups in total. The first-order valence-corrected chi connectivity index (χ1v) is 11.3. The number of aromatic nitrogens is 2. The van der Waals surface area contributed by atoms with Gasteiger partial charge in [-0.15, -0.1) is 10.2 Å². The molecule has 1 amide bonds. The van der Waals surface area contributed by atoms with Crippen molar-refractivity contribution in [1.29, 1.82) is 0 Å². The van der Waals surface area contributed by atoms with Gasteiger partial charge in [0.25, 0.3) is 17.0 Å². The summed E-state index contributed by atoms with van der Waals surface area (Å²) in [6.45, 7) is -0.0280. The maximum atomic E-state index is 11.9. The minimum absolute atomic E-state index is 0.0280. The van der Waals surface area contributed by atoms with Crippen molar-refractivity contribution in [2.24, 2.45) is 5.10 Å². The number of hydrogen-bond acceptors (Lipinski definition) is 10. The number of aromatic hydroxyl groups is 1. The predicted molar refractivity (Wildman–Crippen MR) is 124 cm³/mol. The van der Waals surface area contributed by atoms with Gasteiger partial charge in [0.2, 0.25) is 5.75 Å². The zero-order chi connectivity index (χ0) is 24.0. The molecular weight excluding hydrogens is 565 g/mol. The third kappa shape index (κ3) is 7.05. The standard InChI is InChI=1S/C18H12BrCl2N5O6S/c19-11-3-9(4-13(17(11)28)26(29)30)6-22-23-15(27)8-33-18-25-24-16(32-18)7-31-14-2-1-10(20)5-12(14)21/h1-6,28H,7-8H2,(H,23,27)/b22-6-. The number of hydrogen-bond donors (Lipinski definition) is 2. The first-order valence-electron chi connectivity index (χ1n) is 8.74. The topological polar surface area (TPSA) is 153 Å². The van der Waals surface area contributed by atoms with E-state index in [1.807, 2.05) is 0 Å². The van der Waals surface area contributed by atoms with Gasteiger partial charge >= 0.3 is 5.69 Å². The van der Waals surface area contributed by atoms with E-state index >= 15 is 0 Å². The van der Waals surface area contributed by atoms with Gasteiger partial charge < -0.3 is 14.3 Å². The summed E-state index contributed by atoms with van der Waals surface area (Å²) in [5, 5.41) is 32.9. The Bertz CT molecular complexity index is 1230. The van der Waals surface area contributed by atoms with Gasteiger partial charge in [0, 0.05) is 16.7 Å². The van der Waals surface area contributed by atoms with Crippen LogP contribution < -0.4 is 10.2 Å². The molecule has 0 aliphatic carbocycles. The number of ether oxygens (including phenoxy) is 1. The molecule has 172 valence electrons. The maximum absolute atomic E-state index is 11.9. The van der Waals surface area contributed by atoms with Gasteiger partial charge in [0.05, 0.1) is 26.4 Å². The van der Waals surface area contributed by atoms with Crippen molar-refractivity contribution in [1.82, 2.24) is 15.6 Å². The van der Waals surface area contributed by atoms with E-state index in [0.717, 1.165) is 17.8 Å². The molecule has 0 saturated carbocycles. The van der Waals surface area contributed by atoms with E-state index < -0.39 is 22.3 Å². The lowest BCUT2D eigenvalue weighted by molar-refractivity contribution is -0.386. The highest BCUT2D eigenvalue weighted by Gasteiger charge is 2.17. The number of benzene rings is 2. The molecule has 0 fully saturated rings. The summed E-state index contributed by atoms with van der Waals surface area (Å²) in [7, 11) is 0. The number of carbonyl (C=O) groups is 1. The largest absolute Gasteiger partial charge is 0.501 e. The van der Waals surface area contributed by atoms with Crippen LogP contribution >= 0.6 is 50.9 Å². The number of halogens is 3. The monoisotopic (exact) mass is 575 g/mol. The van der Waals surface area contributed by atoms with Crippen LogP contribution in [0.25, 0.3) is 0 Å². The van der Waals surface area contributed by atoms with E-state index in [9.17, 15) is 20.0 Å². The van der Waals surface area contributed by atoms with Crippen molar-refractivity contribution in [3.63, 3.8) is 0 Å². The van der Waals surface area contributed by atoms with E-state index in [2.05, 4.69) is 36.7 Å². The number of hydrazone groups is 1. The number of phenolic OH excluding ortho intramolecular Hbond substituents is 1. The molecule has 0 saturated heterocycles. The van der Waals surface area contributed by atoms with Crippen LogP contribution in [-0.2, 0) is 11.4 Å². The van der Waals surface area contributed by atoms with Crippen LogP contribution in [-0.4, -0.2) is 38.1 Å². The van der Waals surface area contributed by atoms with Crippen molar-refractivity contribution in [3.8, 4) is 11.5 Å². The molecule has 1 aromatic heterocycles. The quantitative estimate of drug-likeness (QED) is 0.161. The van der Waals surface area contributed by atoms with Crippen molar-refractivity contribution in [3.05, 3.63) is 66.4 Å². The zero-order valence-electron chi connectivity index (χ0n) is 16.2. The van der Waals surface area contributed by atoms with E-state index in [1.54, 1.807) is 12.1 Å². The number of rotatable bonds is 9. The van der Waals surface area contributed by atoms with Crippen molar-refractivity contribution in [2.75, 3.05) is 5.75 Å². The van der Waals surface area contributed by atoms with Crippen molar-refractivity contribution >= 4 is 68.7 Å². The molecule has 0 spiro atoms. The number of nitro groups is 1. The molecule has 0 bridgehead atoms. The first-order chi connectivity index (χ1) is 15.7. The zero-order valence-corrected chi connectivity index (χ0v) is 20.1. The summed E-state index contributed by atoms with van der Waals surface area (Å²) in [5.41, 5.74) is 2.07. The SMILES string of the molecule is O=C(CSc1nnc(COc2ccc(Cl)cc2Cl)o1)N/N=C\c1cc(Br)c(O)c([N+](=O)[O-])c1. The summed E-state index contributed by atoms with van der Waals surface area (Å²) < 4.78 is 11.0. The number of amides is 1. The molecule has 2 aromatic carbocycles. The van der Waals surface area contributed by atoms with Gasteiger partial charge in [-0.25, -0.2) is 5.43 Å². The lowest BCUT2D eigenvalue weighted by Crippen LogP contribution is -2.19. The Balaban J connectivity index is 1.48. The molecule has 0 unspecified atom stereocenters. The van der Waals surface area contributed by atoms with Crippen LogP contribution in [0, 0.1) is 10.1 Å². The van der Waals surface area contributed by atoms with Gasteiger partial charge in [0.1, 0.15) is 5.75 Å². The summed E-state index contributed by atoms with van der Waals surface area (Å²) in [6, 6.07) is 7.30. The number of nitrogens with zero attached hydrogens (tertiary/aromatic N) is 4. The average molecular weight is 577 g/mol. The Morgan fingerprint density at radius 3 is 2.88 bits per heavy atom. The van der Waals surface area contributed by atoms with Gasteiger partial charge in [-0.1, -0.05) is 35.0 Å². The molecule has 0 radical (unpaired) electrons. The van der Waals surface area contributed by atoms with Crippen molar-refractivity contribution < 1.29 is 24.0 Å². The summed E-state index contributed by atoms with van der Waals surface area (Å²) in [6.07, 6.45) is 1.20. The van der Waals surface area contributed by atoms with E-state index in [0.29, 0.717) is 21.4 Å². The van der Waals surface area contributed by atoms with Crippen LogP contribution in [0.5, 0.6) is 11.5 Å². The van der Waals surface area contributed by atoms with E-state index in [-0.39, 0.29) is 27.9 Å². The highest BCUT2D eigenvalue weighted by atomic mass is 79.9. The van der Waals surface area contributed by atoms with Gasteiger partial charge in [-0.3, -0.25) is 14.9 Å². The molecule has 3 rings (SSSR count). The molecule has 3 aromatic rings. The number of nitrogens with one attached hydrogen (secondary N) is 1. The molecular formula is C18H12BrCl2N5O6S. The van der Waals surface area contributed by atoms with Gasteiger partial charge in [-0.2, -0.15) is 5.10 Å². The fourth-order valence-electron chi connectivity index (χ4n) is 2.24. The Labute approximate surface area is 208 Å². The molecule has 33 heavy (non-hydrogen) atoms. The lowest BCUT2D eigenvalue weighted by atomic mass is 10.2. The summed E-state index contributed by atoms with van der Waals surface area (Å²) >= 11 is 15.8. The van der Waals surface area contributed by atoms with Crippen LogP contribution in [0.3, 0.4) is 0 Å². The molecule has 11 nitrogen and oxygen atoms in total. The second kappa shape index (κ2) is 11.3. The van der Waals surface area contributed by atoms with E-state index in [4.69, 9.17) is 32.4 Å². The minimum atomic E-state index is -0.736. The highest BCUT2D eigenvalue weighted by Crippen LogP contribution is 2.34. The Hall–Kier alpha value is -2.87. The van der Waals surface area contributed by atoms with E-state index in [1.165, 1.54) is 18.3 Å². The van der Waals surface area contributed by atoms with Crippen LogP contribution in [0.2, 0.25) is 10.0 Å². The second-order valence-electron chi connectivity index (χ2n) is 6.03. The third-order valence-electron chi connectivity index (χ3n) is 3.69. The fraction of sp³-hybridized carbons (Fsp3) is 0.111. The van der Waals surface area contributed by atoms with Gasteiger partial charge in [-0.05, 0) is 40.2 Å². The average Bonchev–Trinajstić information content (AvgIpc) is 3.21. The molecule has 1 heterocycles. The van der Waals surface area contributed by atoms with Crippen LogP contribution in [0.4, 0.5) is 5.69 Å². The number of carbonyl (C=O) groups excluding carboxylic acids is 1. The summed E-state index contributed by atoms with van der Waals surface area (Å²) in [4.78, 5) is 22.1. The Morgan fingerprint density at radius 2 is 2.15 bits per heavy atom. The summed E-state index contributed by atoms with van der Waals surface area (Å²) in [5.74, 6) is -0.480. The fourth-order valence-corrected chi connectivity index (χ4v) is 3.75. The molecule has 0 aliphatic rings. The Morgan fingerprint density at radius 1 is 1.36 bits per heavy atom.